The Hall–Kier alpha value is -5.70. The number of alkyl halides is 3. The number of rotatable bonds is 11. The third kappa shape index (κ3) is 11.8. The van der Waals surface area contributed by atoms with Crippen LogP contribution in [0.3, 0.4) is 0 Å². The molecular weight excluding hydrogens is 647 g/mol. The first-order valence-electron chi connectivity index (χ1n) is 15.0. The zero-order valence-corrected chi connectivity index (χ0v) is 26.1. The van der Waals surface area contributed by atoms with Gasteiger partial charge in [-0.2, -0.15) is 13.2 Å². The van der Waals surface area contributed by atoms with Crippen LogP contribution in [-0.4, -0.2) is 75.6 Å². The number of carboxylic acids is 1. The largest absolute Gasteiger partial charge is 0.508 e. The Balaban J connectivity index is 0.000000838. The van der Waals surface area contributed by atoms with Crippen LogP contribution in [0.4, 0.5) is 13.2 Å². The second-order valence-electron chi connectivity index (χ2n) is 11.0. The Morgan fingerprint density at radius 2 is 1.45 bits per heavy atom. The van der Waals surface area contributed by atoms with E-state index in [1.54, 1.807) is 36.4 Å². The summed E-state index contributed by atoms with van der Waals surface area (Å²) in [5.41, 5.74) is 14.0. The molecule has 8 N–H and O–H groups in total. The third-order valence-corrected chi connectivity index (χ3v) is 7.33. The van der Waals surface area contributed by atoms with Gasteiger partial charge in [0.1, 0.15) is 23.5 Å². The maximum Gasteiger partial charge on any atom is 0.490 e. The number of carbonyl (C=O) groups excluding carboxylic acids is 4. The van der Waals surface area contributed by atoms with Crippen LogP contribution in [-0.2, 0) is 36.8 Å². The molecule has 1 aliphatic heterocycles. The topological polar surface area (TPSA) is 205 Å². The Bertz CT molecular complexity index is 1640. The number of hydrogen-bond acceptors (Lipinski definition) is 7. The molecule has 4 rings (SSSR count). The van der Waals surface area contributed by atoms with Gasteiger partial charge in [0.05, 0.1) is 6.04 Å². The zero-order valence-electron chi connectivity index (χ0n) is 26.1. The zero-order chi connectivity index (χ0) is 36.1. The van der Waals surface area contributed by atoms with Gasteiger partial charge in [-0.1, -0.05) is 72.8 Å². The molecule has 12 nitrogen and oxygen atoms in total. The van der Waals surface area contributed by atoms with E-state index in [4.69, 9.17) is 21.4 Å². The van der Waals surface area contributed by atoms with E-state index in [2.05, 4.69) is 10.6 Å². The van der Waals surface area contributed by atoms with Gasteiger partial charge in [-0.3, -0.25) is 19.2 Å². The average Bonchev–Trinajstić information content (AvgIpc) is 3.56. The van der Waals surface area contributed by atoms with Crippen LogP contribution >= 0.6 is 0 Å². The molecule has 0 radical (unpaired) electrons. The molecule has 0 aliphatic carbocycles. The van der Waals surface area contributed by atoms with Gasteiger partial charge in [0.15, 0.2) is 0 Å². The predicted octanol–water partition coefficient (Wildman–Crippen LogP) is 2.26. The van der Waals surface area contributed by atoms with E-state index in [0.717, 1.165) is 11.1 Å². The van der Waals surface area contributed by atoms with Crippen LogP contribution in [0.1, 0.15) is 29.5 Å². The van der Waals surface area contributed by atoms with Gasteiger partial charge in [0, 0.05) is 13.0 Å². The van der Waals surface area contributed by atoms with E-state index in [-0.39, 0.29) is 30.2 Å². The smallest absolute Gasteiger partial charge is 0.490 e. The van der Waals surface area contributed by atoms with Crippen LogP contribution in [0.2, 0.25) is 0 Å². The third-order valence-electron chi connectivity index (χ3n) is 7.33. The minimum atomic E-state index is -5.08. The number of carbonyl (C=O) groups is 5. The highest BCUT2D eigenvalue weighted by atomic mass is 19.4. The second kappa shape index (κ2) is 17.5. The molecule has 4 amide bonds. The number of aliphatic carboxylic acids is 1. The first-order valence-corrected chi connectivity index (χ1v) is 15.0. The van der Waals surface area contributed by atoms with Gasteiger partial charge in [-0.05, 0) is 54.2 Å². The molecule has 1 saturated heterocycles. The second-order valence-corrected chi connectivity index (χ2v) is 11.0. The average molecular weight is 684 g/mol. The van der Waals surface area contributed by atoms with Gasteiger partial charge in [0.2, 0.25) is 17.7 Å². The maximum atomic E-state index is 13.5. The summed E-state index contributed by atoms with van der Waals surface area (Å²) in [5, 5.41) is 22.0. The fourth-order valence-corrected chi connectivity index (χ4v) is 4.89. The van der Waals surface area contributed by atoms with Crippen LogP contribution < -0.4 is 22.1 Å². The lowest BCUT2D eigenvalue weighted by atomic mass is 10.0. The molecule has 1 aliphatic rings. The fourth-order valence-electron chi connectivity index (χ4n) is 4.89. The van der Waals surface area contributed by atoms with E-state index in [0.29, 0.717) is 24.9 Å². The highest BCUT2D eigenvalue weighted by Crippen LogP contribution is 2.21. The number of aromatic hydroxyl groups is 1. The monoisotopic (exact) mass is 683 g/mol. The molecule has 1 fully saturated rings. The number of carboxylic acid groups (broad SMARTS) is 1. The van der Waals surface area contributed by atoms with Crippen molar-refractivity contribution in [3.8, 4) is 5.75 Å². The minimum Gasteiger partial charge on any atom is -0.508 e. The van der Waals surface area contributed by atoms with Crippen molar-refractivity contribution in [3.05, 3.63) is 107 Å². The van der Waals surface area contributed by atoms with Crippen LogP contribution in [0, 0.1) is 0 Å². The van der Waals surface area contributed by atoms with Crippen molar-refractivity contribution in [1.82, 2.24) is 15.5 Å². The summed E-state index contributed by atoms with van der Waals surface area (Å²) >= 11 is 0. The summed E-state index contributed by atoms with van der Waals surface area (Å²) in [7, 11) is 0. The van der Waals surface area contributed by atoms with E-state index in [1.807, 2.05) is 36.4 Å². The molecule has 0 bridgehead atoms. The van der Waals surface area contributed by atoms with Crippen LogP contribution in [0.5, 0.6) is 5.75 Å². The fraction of sp³-hybridized carbons (Fsp3) is 0.265. The van der Waals surface area contributed by atoms with Gasteiger partial charge >= 0.3 is 12.1 Å². The first kappa shape index (κ1) is 37.8. The van der Waals surface area contributed by atoms with Crippen LogP contribution in [0.15, 0.2) is 90.6 Å². The number of likely N-dealkylation sites (tertiary alicyclic amines) is 1. The summed E-state index contributed by atoms with van der Waals surface area (Å²) in [4.78, 5) is 62.8. The number of phenolic OH excluding ortho intramolecular Hbond substituents is 1. The molecular formula is C34H36F3N5O7. The number of phenols is 1. The van der Waals surface area contributed by atoms with Crippen molar-refractivity contribution in [2.75, 3.05) is 6.54 Å². The Labute approximate surface area is 279 Å². The van der Waals surface area contributed by atoms with Crippen molar-refractivity contribution in [2.24, 2.45) is 11.5 Å². The number of nitrogens with one attached hydrogen (secondary N) is 2. The van der Waals surface area contributed by atoms with Crippen molar-refractivity contribution >= 4 is 35.7 Å². The molecule has 0 unspecified atom stereocenters. The molecule has 3 atom stereocenters. The molecule has 49 heavy (non-hydrogen) atoms. The number of nitrogens with zero attached hydrogens (tertiary/aromatic N) is 1. The molecule has 3 aromatic carbocycles. The number of amides is 4. The van der Waals surface area contributed by atoms with Gasteiger partial charge in [-0.15, -0.1) is 0 Å². The normalized spacial score (nSPS) is 15.6. The molecule has 0 saturated carbocycles. The summed E-state index contributed by atoms with van der Waals surface area (Å²) in [6, 6.07) is 21.7. The van der Waals surface area contributed by atoms with Gasteiger partial charge in [-0.25, -0.2) is 4.79 Å². The molecule has 0 spiro atoms. The molecule has 0 aromatic heterocycles. The Kier molecular flexibility index (Phi) is 13.4. The van der Waals surface area contributed by atoms with E-state index in [9.17, 15) is 37.5 Å². The maximum absolute atomic E-state index is 13.5. The van der Waals surface area contributed by atoms with Crippen molar-refractivity contribution in [3.63, 3.8) is 0 Å². The van der Waals surface area contributed by atoms with Crippen LogP contribution in [0.25, 0.3) is 6.08 Å². The predicted molar refractivity (Wildman–Crippen MR) is 172 cm³/mol. The molecule has 260 valence electrons. The summed E-state index contributed by atoms with van der Waals surface area (Å²) in [5.74, 6) is -4.96. The van der Waals surface area contributed by atoms with Crippen molar-refractivity contribution < 1.29 is 47.4 Å². The first-order chi connectivity index (χ1) is 23.1. The number of primary amides is 1. The van der Waals surface area contributed by atoms with Gasteiger partial charge in [0.25, 0.3) is 5.91 Å². The lowest BCUT2D eigenvalue weighted by Gasteiger charge is -2.27. The Morgan fingerprint density at radius 1 is 0.898 bits per heavy atom. The van der Waals surface area contributed by atoms with E-state index in [1.165, 1.54) is 23.1 Å². The number of halogens is 3. The number of benzene rings is 3. The summed E-state index contributed by atoms with van der Waals surface area (Å²) in [6.45, 7) is 0.352. The lowest BCUT2D eigenvalue weighted by molar-refractivity contribution is -0.192. The molecule has 1 heterocycles. The van der Waals surface area contributed by atoms with Crippen molar-refractivity contribution in [2.45, 2.75) is 50.0 Å². The standard InChI is InChI=1S/C32H35N5O5.C2HF3O2/c33-25(18-23-13-15-24(38)16-14-23)32(42)37-17-7-12-28(37)31(41)36-27(20-22-10-5-2-6-11-22)30(40)35-26(29(34)39)19-21-8-3-1-4-9-21;3-2(4,5)1(6)7/h1-6,8-11,13-16,20,25-26,28,38H,7,12,17-19,33H2,(H2,34,39)(H,35,40)(H,36,41);(H,6,7)/b27-20-;/t25-,26-,28-;/m0./s1. The molecule has 15 heteroatoms. The SMILES string of the molecule is NC(=O)[C@H](Cc1ccccc1)NC(=O)/C(=C/c1ccccc1)NC(=O)[C@@H]1CCCN1C(=O)[C@@H](N)Cc1ccc(O)cc1.O=C(O)C(F)(F)F. The summed E-state index contributed by atoms with van der Waals surface area (Å²) in [6.07, 6.45) is -2.16. The summed E-state index contributed by atoms with van der Waals surface area (Å²) < 4.78 is 31.7. The Morgan fingerprint density at radius 3 is 2.00 bits per heavy atom. The lowest BCUT2D eigenvalue weighted by Crippen LogP contribution is -2.53. The number of hydrogen-bond donors (Lipinski definition) is 6. The quantitative estimate of drug-likeness (QED) is 0.165. The van der Waals surface area contributed by atoms with E-state index < -0.39 is 48.0 Å². The molecule has 3 aromatic rings. The van der Waals surface area contributed by atoms with Crippen molar-refractivity contribution in [1.29, 1.82) is 0 Å². The highest BCUT2D eigenvalue weighted by molar-refractivity contribution is 6.04. The minimum absolute atomic E-state index is 0.0850. The number of nitrogens with two attached hydrogens (primary N) is 2. The van der Waals surface area contributed by atoms with Gasteiger partial charge < -0.3 is 37.2 Å². The van der Waals surface area contributed by atoms with E-state index >= 15 is 0 Å². The highest BCUT2D eigenvalue weighted by Gasteiger charge is 2.38.